The fraction of sp³-hybridized carbons (Fsp3) is 0.300. The number of amides is 1. The molecule has 3 rings (SSSR count). The van der Waals surface area contributed by atoms with Crippen LogP contribution in [0, 0.1) is 22.6 Å². The topological polar surface area (TPSA) is 101 Å². The standard InChI is InChI=1S/C20H17ClFN3O4/c1-20(9-29-10-20)7-16(26)17(27)13-6-15(25(2)18(13)21)19(28)24-12-3-4-14(22)11(5-12)8-23/h3-6H,7,9-10H2,1-2H3,(H,24,28). The van der Waals surface area contributed by atoms with Gasteiger partial charge in [0.25, 0.3) is 5.91 Å². The Labute approximate surface area is 171 Å². The highest BCUT2D eigenvalue weighted by molar-refractivity contribution is 6.47. The molecule has 2 heterocycles. The summed E-state index contributed by atoms with van der Waals surface area (Å²) in [6, 6.07) is 6.48. The number of nitrogens with one attached hydrogen (secondary N) is 1. The van der Waals surface area contributed by atoms with Crippen LogP contribution in [0.2, 0.25) is 5.15 Å². The average Bonchev–Trinajstić information content (AvgIpc) is 2.96. The second-order valence-corrected chi connectivity index (χ2v) is 7.64. The molecule has 1 amide bonds. The Morgan fingerprint density at radius 1 is 1.34 bits per heavy atom. The summed E-state index contributed by atoms with van der Waals surface area (Å²) >= 11 is 6.18. The lowest BCUT2D eigenvalue weighted by atomic mass is 9.82. The highest BCUT2D eigenvalue weighted by Crippen LogP contribution is 2.32. The molecule has 1 aliphatic rings. The second-order valence-electron chi connectivity index (χ2n) is 7.29. The first kappa shape index (κ1) is 20.7. The van der Waals surface area contributed by atoms with E-state index in [2.05, 4.69) is 5.32 Å². The van der Waals surface area contributed by atoms with Gasteiger partial charge in [0, 0.05) is 24.6 Å². The van der Waals surface area contributed by atoms with Gasteiger partial charge < -0.3 is 14.6 Å². The number of rotatable bonds is 6. The molecule has 7 nitrogen and oxygen atoms in total. The minimum Gasteiger partial charge on any atom is -0.380 e. The van der Waals surface area contributed by atoms with Gasteiger partial charge in [-0.05, 0) is 24.3 Å². The fourth-order valence-electron chi connectivity index (χ4n) is 3.01. The monoisotopic (exact) mass is 417 g/mol. The number of Topliss-reactive ketones (excluding diaryl/α,β-unsaturated/α-hetero) is 2. The van der Waals surface area contributed by atoms with Crippen LogP contribution in [-0.4, -0.2) is 35.3 Å². The second kappa shape index (κ2) is 7.78. The van der Waals surface area contributed by atoms with Crippen molar-refractivity contribution in [3.63, 3.8) is 0 Å². The predicted octanol–water partition coefficient (Wildman–Crippen LogP) is 3.12. The molecule has 0 radical (unpaired) electrons. The predicted molar refractivity (Wildman–Crippen MR) is 102 cm³/mol. The summed E-state index contributed by atoms with van der Waals surface area (Å²) in [4.78, 5) is 37.5. The normalized spacial score (nSPS) is 14.6. The van der Waals surface area contributed by atoms with Gasteiger partial charge in [-0.3, -0.25) is 14.4 Å². The molecule has 1 N–H and O–H groups in total. The van der Waals surface area contributed by atoms with Gasteiger partial charge in [-0.25, -0.2) is 4.39 Å². The van der Waals surface area contributed by atoms with E-state index in [-0.39, 0.29) is 39.5 Å². The Balaban J connectivity index is 1.81. The van der Waals surface area contributed by atoms with Crippen LogP contribution in [0.4, 0.5) is 10.1 Å². The number of carbonyl (C=O) groups is 3. The molecule has 1 aromatic heterocycles. The number of halogens is 2. The first-order valence-corrected chi connectivity index (χ1v) is 9.04. The average molecular weight is 418 g/mol. The summed E-state index contributed by atoms with van der Waals surface area (Å²) in [5.74, 6) is -2.71. The number of carbonyl (C=O) groups excluding carboxylic acids is 3. The van der Waals surface area contributed by atoms with Crippen LogP contribution in [-0.2, 0) is 16.6 Å². The number of anilines is 1. The van der Waals surface area contributed by atoms with Crippen molar-refractivity contribution in [2.45, 2.75) is 13.3 Å². The number of hydrogen-bond donors (Lipinski definition) is 1. The Kier molecular flexibility index (Phi) is 5.55. The molecule has 0 bridgehead atoms. The molecular formula is C20H17ClFN3O4. The van der Waals surface area contributed by atoms with Crippen molar-refractivity contribution in [1.29, 1.82) is 5.26 Å². The van der Waals surface area contributed by atoms with E-state index in [0.717, 1.165) is 6.07 Å². The van der Waals surface area contributed by atoms with Crippen LogP contribution in [0.25, 0.3) is 0 Å². The minimum absolute atomic E-state index is 0.0328. The molecule has 1 saturated heterocycles. The molecule has 29 heavy (non-hydrogen) atoms. The molecule has 150 valence electrons. The summed E-state index contributed by atoms with van der Waals surface area (Å²) in [6.45, 7) is 2.67. The first-order chi connectivity index (χ1) is 13.6. The molecule has 1 aliphatic heterocycles. The molecule has 0 unspecified atom stereocenters. The summed E-state index contributed by atoms with van der Waals surface area (Å²) < 4.78 is 19.8. The number of nitrogens with zero attached hydrogens (tertiary/aromatic N) is 2. The van der Waals surface area contributed by atoms with Crippen LogP contribution in [0.5, 0.6) is 0 Å². The van der Waals surface area contributed by atoms with Crippen LogP contribution in [0.1, 0.15) is 39.8 Å². The van der Waals surface area contributed by atoms with E-state index in [4.69, 9.17) is 21.6 Å². The number of benzene rings is 1. The smallest absolute Gasteiger partial charge is 0.272 e. The van der Waals surface area contributed by atoms with Crippen LogP contribution < -0.4 is 5.32 Å². The molecule has 1 aromatic carbocycles. The highest BCUT2D eigenvalue weighted by Gasteiger charge is 2.38. The maximum Gasteiger partial charge on any atom is 0.272 e. The van der Waals surface area contributed by atoms with E-state index in [1.165, 1.54) is 29.8 Å². The number of aromatic nitrogens is 1. The van der Waals surface area contributed by atoms with Crippen molar-refractivity contribution in [2.75, 3.05) is 18.5 Å². The molecule has 0 spiro atoms. The van der Waals surface area contributed by atoms with E-state index in [9.17, 15) is 18.8 Å². The fourth-order valence-corrected chi connectivity index (χ4v) is 3.24. The molecule has 1 fully saturated rings. The molecular weight excluding hydrogens is 401 g/mol. The van der Waals surface area contributed by atoms with Gasteiger partial charge in [-0.15, -0.1) is 0 Å². The quantitative estimate of drug-likeness (QED) is 0.574. The van der Waals surface area contributed by atoms with Crippen molar-refractivity contribution in [2.24, 2.45) is 12.5 Å². The lowest BCUT2D eigenvalue weighted by molar-refractivity contribution is -0.133. The zero-order valence-corrected chi connectivity index (χ0v) is 16.5. The Morgan fingerprint density at radius 3 is 2.62 bits per heavy atom. The Morgan fingerprint density at radius 2 is 2.03 bits per heavy atom. The van der Waals surface area contributed by atoms with Gasteiger partial charge in [0.2, 0.25) is 11.6 Å². The minimum atomic E-state index is -0.772. The molecule has 9 heteroatoms. The number of hydrogen-bond acceptors (Lipinski definition) is 5. The highest BCUT2D eigenvalue weighted by atomic mass is 35.5. The first-order valence-electron chi connectivity index (χ1n) is 8.67. The van der Waals surface area contributed by atoms with E-state index in [1.54, 1.807) is 6.07 Å². The number of ether oxygens (including phenoxy) is 1. The van der Waals surface area contributed by atoms with E-state index in [0.29, 0.717) is 13.2 Å². The lowest BCUT2D eigenvalue weighted by Crippen LogP contribution is -2.42. The maximum atomic E-state index is 13.4. The summed E-state index contributed by atoms with van der Waals surface area (Å²) in [5, 5.41) is 11.4. The summed E-state index contributed by atoms with van der Waals surface area (Å²) in [6.07, 6.45) is 0.0328. The maximum absolute atomic E-state index is 13.4. The summed E-state index contributed by atoms with van der Waals surface area (Å²) in [7, 11) is 1.48. The third-order valence-electron chi connectivity index (χ3n) is 4.72. The third-order valence-corrected chi connectivity index (χ3v) is 5.18. The van der Waals surface area contributed by atoms with Crippen LogP contribution in [0.15, 0.2) is 24.3 Å². The van der Waals surface area contributed by atoms with E-state index < -0.39 is 23.3 Å². The van der Waals surface area contributed by atoms with Gasteiger partial charge in [0.1, 0.15) is 22.7 Å². The van der Waals surface area contributed by atoms with E-state index in [1.807, 2.05) is 6.92 Å². The van der Waals surface area contributed by atoms with Crippen molar-refractivity contribution in [3.8, 4) is 6.07 Å². The van der Waals surface area contributed by atoms with E-state index >= 15 is 0 Å². The molecule has 0 saturated carbocycles. The van der Waals surface area contributed by atoms with Crippen LogP contribution >= 0.6 is 11.6 Å². The van der Waals surface area contributed by atoms with Gasteiger partial charge in [0.05, 0.1) is 24.3 Å². The SMILES string of the molecule is Cn1c(C(=O)Nc2ccc(F)c(C#N)c2)cc(C(=O)C(=O)CC2(C)COC2)c1Cl. The molecule has 0 atom stereocenters. The van der Waals surface area contributed by atoms with Crippen molar-refractivity contribution < 1.29 is 23.5 Å². The van der Waals surface area contributed by atoms with Crippen molar-refractivity contribution in [3.05, 3.63) is 52.1 Å². The van der Waals surface area contributed by atoms with Gasteiger partial charge >= 0.3 is 0 Å². The zero-order chi connectivity index (χ0) is 21.3. The van der Waals surface area contributed by atoms with Crippen molar-refractivity contribution >= 4 is 34.8 Å². The largest absolute Gasteiger partial charge is 0.380 e. The number of ketones is 2. The van der Waals surface area contributed by atoms with Crippen LogP contribution in [0.3, 0.4) is 0 Å². The van der Waals surface area contributed by atoms with Gasteiger partial charge in [-0.2, -0.15) is 5.26 Å². The molecule has 0 aliphatic carbocycles. The summed E-state index contributed by atoms with van der Waals surface area (Å²) in [5.41, 5.74) is -0.415. The van der Waals surface area contributed by atoms with Crippen molar-refractivity contribution in [1.82, 2.24) is 4.57 Å². The lowest BCUT2D eigenvalue weighted by Gasteiger charge is -2.37. The van der Waals surface area contributed by atoms with Gasteiger partial charge in [0.15, 0.2) is 0 Å². The third kappa shape index (κ3) is 4.06. The number of nitriles is 1. The van der Waals surface area contributed by atoms with Gasteiger partial charge in [-0.1, -0.05) is 18.5 Å². The molecule has 2 aromatic rings. The Bertz CT molecular complexity index is 1070. The zero-order valence-electron chi connectivity index (χ0n) is 15.7. The Hall–Kier alpha value is -3.02.